The number of halogens is 1. The molecule has 1 N–H and O–H groups in total. The van der Waals surface area contributed by atoms with E-state index in [-0.39, 0.29) is 5.78 Å². The first-order chi connectivity index (χ1) is 13.2. The smallest absolute Gasteiger partial charge is 0.278 e. The lowest BCUT2D eigenvalue weighted by Gasteiger charge is -2.29. The second-order valence-corrected chi connectivity index (χ2v) is 6.51. The van der Waals surface area contributed by atoms with Crippen molar-refractivity contribution in [2.45, 2.75) is 5.91 Å². The molecule has 6 heteroatoms. The van der Waals surface area contributed by atoms with Crippen LogP contribution in [0.25, 0.3) is 0 Å². The van der Waals surface area contributed by atoms with Gasteiger partial charge < -0.3 is 14.8 Å². The molecule has 1 aliphatic heterocycles. The van der Waals surface area contributed by atoms with Gasteiger partial charge in [-0.15, -0.1) is 0 Å². The van der Waals surface area contributed by atoms with Crippen molar-refractivity contribution in [3.05, 3.63) is 94.8 Å². The number of carbonyl (C=O) groups excluding carboxylic acids is 1. The molecule has 0 radical (unpaired) electrons. The van der Waals surface area contributed by atoms with Crippen LogP contribution < -0.4 is 5.32 Å². The van der Waals surface area contributed by atoms with Crippen molar-refractivity contribution in [3.8, 4) is 0 Å². The Balaban J connectivity index is 1.67. The number of carbonyl (C=O) groups is 1. The first-order valence-electron chi connectivity index (χ1n) is 8.54. The van der Waals surface area contributed by atoms with Gasteiger partial charge >= 0.3 is 0 Å². The van der Waals surface area contributed by atoms with Crippen LogP contribution in [0.15, 0.2) is 72.9 Å². The molecule has 1 aliphatic rings. The third kappa shape index (κ3) is 3.71. The van der Waals surface area contributed by atoms with Gasteiger partial charge in [-0.1, -0.05) is 29.8 Å². The number of aromatic nitrogens is 1. The summed E-state index contributed by atoms with van der Waals surface area (Å²) in [5, 5.41) is 3.86. The van der Waals surface area contributed by atoms with Crippen LogP contribution in [0.5, 0.6) is 0 Å². The summed E-state index contributed by atoms with van der Waals surface area (Å²) in [6.07, 6.45) is 1.58. The third-order valence-corrected chi connectivity index (χ3v) is 4.51. The SMILES string of the molecule is O=C(c1ccc(Cl)cc1)c1cc(C2(Nc3ccccc3)OCCO2)ccn1. The van der Waals surface area contributed by atoms with Crippen molar-refractivity contribution in [2.24, 2.45) is 0 Å². The van der Waals surface area contributed by atoms with E-state index < -0.39 is 5.91 Å². The molecule has 2 heterocycles. The number of hydrogen-bond donors (Lipinski definition) is 1. The third-order valence-electron chi connectivity index (χ3n) is 4.26. The Morgan fingerprint density at radius 1 is 1.00 bits per heavy atom. The molecule has 0 aliphatic carbocycles. The Morgan fingerprint density at radius 2 is 1.70 bits per heavy atom. The van der Waals surface area contributed by atoms with Gasteiger partial charge in [0.2, 0.25) is 5.78 Å². The predicted molar refractivity (Wildman–Crippen MR) is 103 cm³/mol. The summed E-state index contributed by atoms with van der Waals surface area (Å²) in [7, 11) is 0. The molecule has 0 atom stereocenters. The summed E-state index contributed by atoms with van der Waals surface area (Å²) < 4.78 is 11.8. The van der Waals surface area contributed by atoms with Gasteiger partial charge in [-0.3, -0.25) is 9.78 Å². The second-order valence-electron chi connectivity index (χ2n) is 6.07. The molecule has 3 aromatic rings. The Morgan fingerprint density at radius 3 is 2.41 bits per heavy atom. The first kappa shape index (κ1) is 17.7. The normalized spacial score (nSPS) is 15.4. The molecule has 27 heavy (non-hydrogen) atoms. The topological polar surface area (TPSA) is 60.5 Å². The summed E-state index contributed by atoms with van der Waals surface area (Å²) in [6, 6.07) is 19.8. The molecule has 0 bridgehead atoms. The van der Waals surface area contributed by atoms with E-state index in [9.17, 15) is 4.79 Å². The molecule has 1 aromatic heterocycles. The van der Waals surface area contributed by atoms with Crippen LogP contribution in [0.2, 0.25) is 5.02 Å². The number of ether oxygens (including phenoxy) is 2. The zero-order valence-corrected chi connectivity index (χ0v) is 15.1. The molecular weight excluding hydrogens is 364 g/mol. The van der Waals surface area contributed by atoms with Crippen molar-refractivity contribution in [2.75, 3.05) is 18.5 Å². The summed E-state index contributed by atoms with van der Waals surface area (Å²) in [4.78, 5) is 17.0. The van der Waals surface area contributed by atoms with Crippen LogP contribution in [0.1, 0.15) is 21.6 Å². The largest absolute Gasteiger partial charge is 0.331 e. The number of benzene rings is 2. The van der Waals surface area contributed by atoms with Crippen molar-refractivity contribution in [3.63, 3.8) is 0 Å². The highest BCUT2D eigenvalue weighted by atomic mass is 35.5. The highest BCUT2D eigenvalue weighted by molar-refractivity contribution is 6.30. The number of nitrogens with one attached hydrogen (secondary N) is 1. The number of rotatable bonds is 5. The molecule has 5 nitrogen and oxygen atoms in total. The molecule has 0 amide bonds. The number of anilines is 1. The van der Waals surface area contributed by atoms with E-state index in [1.807, 2.05) is 30.3 Å². The minimum absolute atomic E-state index is 0.193. The van der Waals surface area contributed by atoms with Crippen LogP contribution in [0, 0.1) is 0 Å². The summed E-state index contributed by atoms with van der Waals surface area (Å²) >= 11 is 5.90. The number of ketones is 1. The monoisotopic (exact) mass is 380 g/mol. The van der Waals surface area contributed by atoms with Gasteiger partial charge in [0.05, 0.1) is 13.2 Å². The molecular formula is C21H17ClN2O3. The van der Waals surface area contributed by atoms with Crippen molar-refractivity contribution in [1.82, 2.24) is 4.98 Å². The Labute approximate surface area is 161 Å². The second kappa shape index (κ2) is 7.48. The molecule has 0 saturated carbocycles. The van der Waals surface area contributed by atoms with Crippen molar-refractivity contribution >= 4 is 23.1 Å². The van der Waals surface area contributed by atoms with Crippen LogP contribution in [-0.4, -0.2) is 24.0 Å². The fraction of sp³-hybridized carbons (Fsp3) is 0.143. The summed E-state index contributed by atoms with van der Waals surface area (Å²) in [5.41, 5.74) is 2.35. The van der Waals surface area contributed by atoms with E-state index in [1.165, 1.54) is 0 Å². The zero-order valence-electron chi connectivity index (χ0n) is 14.4. The van der Waals surface area contributed by atoms with E-state index in [1.54, 1.807) is 42.6 Å². The minimum Gasteiger partial charge on any atom is -0.331 e. The maximum absolute atomic E-state index is 12.8. The highest BCUT2D eigenvalue weighted by Gasteiger charge is 2.39. The number of nitrogens with zero attached hydrogens (tertiary/aromatic N) is 1. The molecule has 2 aromatic carbocycles. The zero-order chi connectivity index (χ0) is 18.7. The van der Waals surface area contributed by atoms with E-state index >= 15 is 0 Å². The predicted octanol–water partition coefficient (Wildman–Crippen LogP) is 4.24. The lowest BCUT2D eigenvalue weighted by atomic mass is 10.0. The first-order valence-corrected chi connectivity index (χ1v) is 8.92. The fourth-order valence-corrected chi connectivity index (χ4v) is 3.07. The average molecular weight is 381 g/mol. The van der Waals surface area contributed by atoms with Crippen LogP contribution in [-0.2, 0) is 15.4 Å². The lowest BCUT2D eigenvalue weighted by Crippen LogP contribution is -2.36. The molecule has 136 valence electrons. The standard InChI is InChI=1S/C21H17ClN2O3/c22-17-8-6-15(7-9-17)20(25)19-14-16(10-11-23-19)21(26-12-13-27-21)24-18-4-2-1-3-5-18/h1-11,14,24H,12-13H2. The molecule has 0 spiro atoms. The summed E-state index contributed by atoms with van der Waals surface area (Å²) in [5.74, 6) is -1.35. The van der Waals surface area contributed by atoms with Crippen LogP contribution >= 0.6 is 11.6 Å². The molecule has 1 saturated heterocycles. The average Bonchev–Trinajstić information content (AvgIpc) is 3.19. The minimum atomic E-state index is -1.15. The maximum Gasteiger partial charge on any atom is 0.278 e. The van der Waals surface area contributed by atoms with Gasteiger partial charge in [-0.25, -0.2) is 0 Å². The van der Waals surface area contributed by atoms with Gasteiger partial charge in [0.1, 0.15) is 5.69 Å². The number of para-hydroxylation sites is 1. The maximum atomic E-state index is 12.8. The van der Waals surface area contributed by atoms with Crippen molar-refractivity contribution < 1.29 is 14.3 Å². The Kier molecular flexibility index (Phi) is 4.90. The van der Waals surface area contributed by atoms with E-state index in [2.05, 4.69) is 10.3 Å². The van der Waals surface area contributed by atoms with Crippen LogP contribution in [0.3, 0.4) is 0 Å². The van der Waals surface area contributed by atoms with E-state index in [0.717, 1.165) is 5.69 Å². The molecule has 4 rings (SSSR count). The Bertz CT molecular complexity index is 939. The highest BCUT2D eigenvalue weighted by Crippen LogP contribution is 2.33. The van der Waals surface area contributed by atoms with E-state index in [0.29, 0.717) is 35.1 Å². The van der Waals surface area contributed by atoms with Gasteiger partial charge in [0.25, 0.3) is 5.91 Å². The quantitative estimate of drug-likeness (QED) is 0.671. The fourth-order valence-electron chi connectivity index (χ4n) is 2.94. The molecule has 1 fully saturated rings. The van der Waals surface area contributed by atoms with Crippen LogP contribution in [0.4, 0.5) is 5.69 Å². The molecule has 0 unspecified atom stereocenters. The number of hydrogen-bond acceptors (Lipinski definition) is 5. The van der Waals surface area contributed by atoms with Crippen molar-refractivity contribution in [1.29, 1.82) is 0 Å². The van der Waals surface area contributed by atoms with Gasteiger partial charge in [0.15, 0.2) is 0 Å². The summed E-state index contributed by atoms with van der Waals surface area (Å²) in [6.45, 7) is 0.894. The lowest BCUT2D eigenvalue weighted by molar-refractivity contribution is -0.141. The Hall–Kier alpha value is -2.73. The van der Waals surface area contributed by atoms with Gasteiger partial charge in [0, 0.05) is 28.0 Å². The van der Waals surface area contributed by atoms with Gasteiger partial charge in [-0.2, -0.15) is 0 Å². The van der Waals surface area contributed by atoms with Gasteiger partial charge in [-0.05, 0) is 48.5 Å². The van der Waals surface area contributed by atoms with E-state index in [4.69, 9.17) is 21.1 Å². The number of pyridine rings is 1.